The molecular weight excluding hydrogens is 222 g/mol. The van der Waals surface area contributed by atoms with Crippen LogP contribution in [0, 0.1) is 5.92 Å². The summed E-state index contributed by atoms with van der Waals surface area (Å²) in [7, 11) is 4.62. The summed E-state index contributed by atoms with van der Waals surface area (Å²) in [5.74, 6) is 1.14. The Morgan fingerprint density at radius 2 is 1.88 bits per heavy atom. The highest BCUT2D eigenvalue weighted by molar-refractivity contribution is 6.13. The van der Waals surface area contributed by atoms with E-state index in [4.69, 9.17) is 14.2 Å². The van der Waals surface area contributed by atoms with Gasteiger partial charge in [-0.05, 0) is 6.08 Å². The first-order chi connectivity index (χ1) is 8.19. The molecule has 17 heavy (non-hydrogen) atoms. The summed E-state index contributed by atoms with van der Waals surface area (Å²) in [6.45, 7) is 0. The molecule has 1 amide bonds. The van der Waals surface area contributed by atoms with Crippen molar-refractivity contribution in [1.29, 1.82) is 0 Å². The second-order valence-electron chi connectivity index (χ2n) is 3.55. The minimum Gasteiger partial charge on any atom is -0.500 e. The maximum atomic E-state index is 11.4. The molecule has 5 nitrogen and oxygen atoms in total. The van der Waals surface area contributed by atoms with E-state index in [9.17, 15) is 4.79 Å². The van der Waals surface area contributed by atoms with E-state index in [1.807, 2.05) is 6.08 Å². The number of allylic oxidation sites excluding steroid dienone is 3. The van der Waals surface area contributed by atoms with E-state index in [0.717, 1.165) is 0 Å². The van der Waals surface area contributed by atoms with E-state index >= 15 is 0 Å². The van der Waals surface area contributed by atoms with Gasteiger partial charge in [-0.25, -0.2) is 4.99 Å². The van der Waals surface area contributed by atoms with Crippen molar-refractivity contribution < 1.29 is 19.0 Å². The molecule has 1 heterocycles. The maximum absolute atomic E-state index is 11.4. The average Bonchev–Trinajstić information content (AvgIpc) is 2.36. The zero-order valence-electron chi connectivity index (χ0n) is 9.89. The highest BCUT2D eigenvalue weighted by atomic mass is 16.5. The molecule has 0 radical (unpaired) electrons. The number of amides is 1. The van der Waals surface area contributed by atoms with E-state index < -0.39 is 0 Å². The second kappa shape index (κ2) is 4.45. The summed E-state index contributed by atoms with van der Waals surface area (Å²) in [6, 6.07) is 0. The molecular formula is C12H13NO4. The molecule has 0 spiro atoms. The lowest BCUT2D eigenvalue weighted by atomic mass is 9.91. The van der Waals surface area contributed by atoms with E-state index in [1.165, 1.54) is 20.3 Å². The van der Waals surface area contributed by atoms with Crippen LogP contribution in [0.25, 0.3) is 0 Å². The summed E-state index contributed by atoms with van der Waals surface area (Å²) >= 11 is 0. The molecule has 5 heteroatoms. The summed E-state index contributed by atoms with van der Waals surface area (Å²) in [5, 5.41) is 0. The maximum Gasteiger partial charge on any atom is 0.273 e. The smallest absolute Gasteiger partial charge is 0.273 e. The molecule has 2 aliphatic rings. The Morgan fingerprint density at radius 3 is 2.47 bits per heavy atom. The van der Waals surface area contributed by atoms with Crippen molar-refractivity contribution in [3.05, 3.63) is 35.5 Å². The number of carbonyl (C=O) groups is 1. The SMILES string of the molecule is COC1=CC2C(OC)=CC(=O)N=C2C(OC)=C1. The molecule has 0 aromatic carbocycles. The molecule has 0 aromatic rings. The summed E-state index contributed by atoms with van der Waals surface area (Å²) in [5.41, 5.74) is 0.553. The van der Waals surface area contributed by atoms with Gasteiger partial charge in [0.1, 0.15) is 23.0 Å². The van der Waals surface area contributed by atoms with Gasteiger partial charge in [0.2, 0.25) is 0 Å². The third-order valence-corrected chi connectivity index (χ3v) is 2.65. The Bertz CT molecular complexity index is 471. The van der Waals surface area contributed by atoms with Crippen molar-refractivity contribution in [2.24, 2.45) is 10.9 Å². The number of dihydropyridines is 1. The van der Waals surface area contributed by atoms with Crippen LogP contribution in [0.4, 0.5) is 0 Å². The number of aliphatic imine (C=N–C) groups is 1. The highest BCUT2D eigenvalue weighted by Gasteiger charge is 2.32. The van der Waals surface area contributed by atoms with Crippen LogP contribution in [0.3, 0.4) is 0 Å². The van der Waals surface area contributed by atoms with Crippen LogP contribution in [-0.4, -0.2) is 32.9 Å². The van der Waals surface area contributed by atoms with E-state index in [-0.39, 0.29) is 11.8 Å². The average molecular weight is 235 g/mol. The van der Waals surface area contributed by atoms with Crippen molar-refractivity contribution in [2.75, 3.05) is 21.3 Å². The molecule has 0 saturated heterocycles. The number of rotatable bonds is 3. The van der Waals surface area contributed by atoms with Crippen LogP contribution >= 0.6 is 0 Å². The first-order valence-corrected chi connectivity index (χ1v) is 5.09. The van der Waals surface area contributed by atoms with Gasteiger partial charge in [-0.2, -0.15) is 0 Å². The van der Waals surface area contributed by atoms with Crippen LogP contribution in [0.15, 0.2) is 40.5 Å². The Hall–Kier alpha value is -2.04. The van der Waals surface area contributed by atoms with Gasteiger partial charge in [0.05, 0.1) is 27.2 Å². The van der Waals surface area contributed by atoms with Crippen LogP contribution in [0.1, 0.15) is 0 Å². The Morgan fingerprint density at radius 1 is 1.12 bits per heavy atom. The predicted octanol–water partition coefficient (Wildman–Crippen LogP) is 1.19. The van der Waals surface area contributed by atoms with Gasteiger partial charge >= 0.3 is 0 Å². The zero-order valence-corrected chi connectivity index (χ0v) is 9.89. The van der Waals surface area contributed by atoms with Crippen molar-refractivity contribution in [1.82, 2.24) is 0 Å². The van der Waals surface area contributed by atoms with E-state index in [0.29, 0.717) is 23.0 Å². The van der Waals surface area contributed by atoms with Gasteiger partial charge in [-0.3, -0.25) is 4.79 Å². The van der Waals surface area contributed by atoms with Gasteiger partial charge < -0.3 is 14.2 Å². The summed E-state index contributed by atoms with van der Waals surface area (Å²) in [6.07, 6.45) is 4.90. The molecule has 2 rings (SSSR count). The number of fused-ring (bicyclic) bond motifs is 1. The number of nitrogens with zero attached hydrogens (tertiary/aromatic N) is 1. The lowest BCUT2D eigenvalue weighted by molar-refractivity contribution is -0.113. The largest absolute Gasteiger partial charge is 0.500 e. The third-order valence-electron chi connectivity index (χ3n) is 2.65. The van der Waals surface area contributed by atoms with E-state index in [2.05, 4.69) is 4.99 Å². The van der Waals surface area contributed by atoms with Gasteiger partial charge in [-0.15, -0.1) is 0 Å². The lowest BCUT2D eigenvalue weighted by Crippen LogP contribution is -2.27. The molecule has 90 valence electrons. The normalized spacial score (nSPS) is 22.8. The molecule has 1 aliphatic carbocycles. The number of carbonyl (C=O) groups excluding carboxylic acids is 1. The van der Waals surface area contributed by atoms with Crippen molar-refractivity contribution in [3.8, 4) is 0 Å². The quantitative estimate of drug-likeness (QED) is 0.737. The standard InChI is InChI=1S/C12H13NO4/c1-15-7-4-8-9(16-2)6-11(14)13-12(8)10(5-7)17-3/h4-6,8H,1-3H3. The van der Waals surface area contributed by atoms with E-state index in [1.54, 1.807) is 13.2 Å². The number of hydrogen-bond donors (Lipinski definition) is 0. The minimum absolute atomic E-state index is 0.229. The molecule has 0 bridgehead atoms. The summed E-state index contributed by atoms with van der Waals surface area (Å²) in [4.78, 5) is 15.4. The van der Waals surface area contributed by atoms with Gasteiger partial charge in [-0.1, -0.05) is 0 Å². The number of hydrogen-bond acceptors (Lipinski definition) is 4. The van der Waals surface area contributed by atoms with Crippen molar-refractivity contribution in [2.45, 2.75) is 0 Å². The molecule has 0 fully saturated rings. The zero-order chi connectivity index (χ0) is 12.4. The predicted molar refractivity (Wildman–Crippen MR) is 61.2 cm³/mol. The second-order valence-corrected chi connectivity index (χ2v) is 3.55. The third kappa shape index (κ3) is 1.95. The van der Waals surface area contributed by atoms with Crippen LogP contribution in [0.5, 0.6) is 0 Å². The lowest BCUT2D eigenvalue weighted by Gasteiger charge is -2.25. The van der Waals surface area contributed by atoms with Crippen molar-refractivity contribution in [3.63, 3.8) is 0 Å². The van der Waals surface area contributed by atoms with Crippen LogP contribution < -0.4 is 0 Å². The monoisotopic (exact) mass is 235 g/mol. The molecule has 0 aromatic heterocycles. The fourth-order valence-corrected chi connectivity index (χ4v) is 1.83. The molecule has 0 N–H and O–H groups in total. The van der Waals surface area contributed by atoms with Crippen molar-refractivity contribution >= 4 is 11.6 Å². The summed E-state index contributed by atoms with van der Waals surface area (Å²) < 4.78 is 15.6. The Kier molecular flexibility index (Phi) is 2.99. The number of methoxy groups -OCH3 is 3. The first kappa shape index (κ1) is 11.4. The van der Waals surface area contributed by atoms with Crippen LogP contribution in [0.2, 0.25) is 0 Å². The molecule has 1 atom stereocenters. The first-order valence-electron chi connectivity index (χ1n) is 5.09. The molecule has 0 saturated carbocycles. The fraction of sp³-hybridized carbons (Fsp3) is 0.333. The minimum atomic E-state index is -0.342. The Balaban J connectivity index is 2.47. The Labute approximate surface area is 99.1 Å². The highest BCUT2D eigenvalue weighted by Crippen LogP contribution is 2.30. The van der Waals surface area contributed by atoms with Gasteiger partial charge in [0.25, 0.3) is 5.91 Å². The van der Waals surface area contributed by atoms with Gasteiger partial charge in [0, 0.05) is 12.2 Å². The fourth-order valence-electron chi connectivity index (χ4n) is 1.83. The van der Waals surface area contributed by atoms with Gasteiger partial charge in [0.15, 0.2) is 0 Å². The molecule has 1 unspecified atom stereocenters. The molecule has 1 aliphatic heterocycles. The van der Waals surface area contributed by atoms with Crippen LogP contribution in [-0.2, 0) is 19.0 Å². The number of ether oxygens (including phenoxy) is 3. The topological polar surface area (TPSA) is 57.1 Å².